The van der Waals surface area contributed by atoms with Crippen molar-refractivity contribution in [3.63, 3.8) is 0 Å². The van der Waals surface area contributed by atoms with E-state index >= 15 is 0 Å². The summed E-state index contributed by atoms with van der Waals surface area (Å²) in [6.45, 7) is 1.54. The lowest BCUT2D eigenvalue weighted by atomic mass is 10.2. The van der Waals surface area contributed by atoms with Gasteiger partial charge in [0.25, 0.3) is 0 Å². The predicted molar refractivity (Wildman–Crippen MR) is 108 cm³/mol. The van der Waals surface area contributed by atoms with Crippen LogP contribution in [0, 0.1) is 6.92 Å². The maximum atomic E-state index is 13.1. The highest BCUT2D eigenvalue weighted by Gasteiger charge is 2.32. The average molecular weight is 412 g/mol. The maximum Gasteiger partial charge on any atom is 0.313 e. The van der Waals surface area contributed by atoms with Crippen LogP contribution in [0.4, 0.5) is 5.69 Å². The van der Waals surface area contributed by atoms with Crippen molar-refractivity contribution in [1.82, 2.24) is 5.32 Å². The summed E-state index contributed by atoms with van der Waals surface area (Å²) in [5.74, 6) is -1.65. The van der Waals surface area contributed by atoms with Crippen LogP contribution in [0.25, 0.3) is 0 Å². The van der Waals surface area contributed by atoms with Crippen molar-refractivity contribution in [1.29, 1.82) is 0 Å². The van der Waals surface area contributed by atoms with Crippen molar-refractivity contribution in [2.75, 3.05) is 11.9 Å². The van der Waals surface area contributed by atoms with Crippen molar-refractivity contribution in [3.8, 4) is 0 Å². The topological polar surface area (TPSA) is 105 Å². The van der Waals surface area contributed by atoms with Crippen LogP contribution in [0.3, 0.4) is 0 Å². The normalized spacial score (nSPS) is 12.2. The molecular weight excluding hydrogens is 392 g/mol. The van der Waals surface area contributed by atoms with Gasteiger partial charge < -0.3 is 15.1 Å². The third-order valence-corrected chi connectivity index (χ3v) is 6.35. The van der Waals surface area contributed by atoms with Gasteiger partial charge in [-0.3, -0.25) is 9.59 Å². The van der Waals surface area contributed by atoms with E-state index in [1.807, 2.05) is 6.92 Å². The van der Waals surface area contributed by atoms with Crippen molar-refractivity contribution >= 4 is 27.3 Å². The third-order valence-electron chi connectivity index (χ3n) is 4.27. The molecule has 8 heteroatoms. The van der Waals surface area contributed by atoms with E-state index in [1.165, 1.54) is 24.5 Å². The minimum atomic E-state index is -3.86. The molecule has 1 unspecified atom stereocenters. The van der Waals surface area contributed by atoms with Crippen molar-refractivity contribution in [2.45, 2.75) is 17.1 Å². The SMILES string of the molecule is Cc1ccc(S(=O)(=O)C(CNC(=O)C(=O)Nc2ccccc2)c2ccco2)cc1. The van der Waals surface area contributed by atoms with Crippen LogP contribution in [-0.4, -0.2) is 26.8 Å². The number of para-hydroxylation sites is 1. The number of rotatable bonds is 6. The number of carbonyl (C=O) groups excluding carboxylic acids is 2. The van der Waals surface area contributed by atoms with Crippen LogP contribution in [0.15, 0.2) is 82.3 Å². The summed E-state index contributed by atoms with van der Waals surface area (Å²) in [5.41, 5.74) is 1.38. The molecule has 150 valence electrons. The second-order valence-electron chi connectivity index (χ2n) is 6.39. The van der Waals surface area contributed by atoms with Gasteiger partial charge in [0.1, 0.15) is 11.0 Å². The number of sulfone groups is 1. The Morgan fingerprint density at radius 3 is 2.24 bits per heavy atom. The lowest BCUT2D eigenvalue weighted by molar-refractivity contribution is -0.136. The molecule has 7 nitrogen and oxygen atoms in total. The van der Waals surface area contributed by atoms with Gasteiger partial charge in [0.05, 0.1) is 11.2 Å². The molecule has 3 aromatic rings. The largest absolute Gasteiger partial charge is 0.468 e. The predicted octanol–water partition coefficient (Wildman–Crippen LogP) is 2.86. The van der Waals surface area contributed by atoms with Crippen LogP contribution in [0.1, 0.15) is 16.6 Å². The van der Waals surface area contributed by atoms with Crippen molar-refractivity contribution in [3.05, 3.63) is 84.3 Å². The van der Waals surface area contributed by atoms with E-state index in [2.05, 4.69) is 10.6 Å². The monoisotopic (exact) mass is 412 g/mol. The molecule has 0 radical (unpaired) electrons. The zero-order valence-electron chi connectivity index (χ0n) is 15.7. The van der Waals surface area contributed by atoms with E-state index < -0.39 is 26.9 Å². The van der Waals surface area contributed by atoms with E-state index in [4.69, 9.17) is 4.42 Å². The molecule has 2 amide bonds. The van der Waals surface area contributed by atoms with E-state index in [9.17, 15) is 18.0 Å². The number of amides is 2. The fraction of sp³-hybridized carbons (Fsp3) is 0.143. The van der Waals surface area contributed by atoms with Gasteiger partial charge in [0, 0.05) is 12.2 Å². The number of aryl methyl sites for hydroxylation is 1. The summed E-state index contributed by atoms with van der Waals surface area (Å²) >= 11 is 0. The molecule has 3 rings (SSSR count). The van der Waals surface area contributed by atoms with Crippen LogP contribution in [0.2, 0.25) is 0 Å². The Morgan fingerprint density at radius 2 is 1.62 bits per heavy atom. The highest BCUT2D eigenvalue weighted by Crippen LogP contribution is 2.29. The number of carbonyl (C=O) groups is 2. The zero-order valence-corrected chi connectivity index (χ0v) is 16.5. The summed E-state index contributed by atoms with van der Waals surface area (Å²) in [4.78, 5) is 24.4. The van der Waals surface area contributed by atoms with Gasteiger partial charge in [-0.2, -0.15) is 0 Å². The zero-order chi connectivity index (χ0) is 20.9. The fourth-order valence-corrected chi connectivity index (χ4v) is 4.29. The standard InChI is InChI=1S/C21H20N2O5S/c1-15-9-11-17(12-10-15)29(26,27)19(18-8-5-13-28-18)14-22-20(24)21(25)23-16-6-3-2-4-7-16/h2-13,19H,14H2,1H3,(H,22,24)(H,23,25). The molecule has 0 bridgehead atoms. The minimum absolute atomic E-state index is 0.104. The first-order chi connectivity index (χ1) is 13.9. The molecule has 0 fully saturated rings. The maximum absolute atomic E-state index is 13.1. The molecule has 0 aliphatic rings. The Bertz CT molecular complexity index is 1080. The molecule has 29 heavy (non-hydrogen) atoms. The molecule has 0 saturated carbocycles. The molecule has 1 atom stereocenters. The molecule has 1 aromatic heterocycles. The van der Waals surface area contributed by atoms with Crippen LogP contribution < -0.4 is 10.6 Å². The molecule has 0 saturated heterocycles. The Kier molecular flexibility index (Phi) is 6.13. The number of furan rings is 1. The molecule has 0 aliphatic carbocycles. The van der Waals surface area contributed by atoms with E-state index in [1.54, 1.807) is 48.5 Å². The quantitative estimate of drug-likeness (QED) is 0.606. The molecule has 2 aromatic carbocycles. The van der Waals surface area contributed by atoms with Crippen molar-refractivity contribution < 1.29 is 22.4 Å². The first-order valence-electron chi connectivity index (χ1n) is 8.86. The van der Waals surface area contributed by atoms with Gasteiger partial charge >= 0.3 is 11.8 Å². The van der Waals surface area contributed by atoms with Gasteiger partial charge in [-0.05, 0) is 43.3 Å². The Hall–Kier alpha value is -3.39. The first-order valence-corrected chi connectivity index (χ1v) is 10.4. The lowest BCUT2D eigenvalue weighted by Crippen LogP contribution is -2.39. The smallest absolute Gasteiger partial charge is 0.313 e. The second-order valence-corrected chi connectivity index (χ2v) is 8.52. The van der Waals surface area contributed by atoms with Gasteiger partial charge in [0.15, 0.2) is 9.84 Å². The first kappa shape index (κ1) is 20.3. The second kappa shape index (κ2) is 8.74. The lowest BCUT2D eigenvalue weighted by Gasteiger charge is -2.16. The Labute approximate surface area is 168 Å². The molecular formula is C21H20N2O5S. The van der Waals surface area contributed by atoms with Gasteiger partial charge in [-0.25, -0.2) is 8.42 Å². The molecule has 0 aliphatic heterocycles. The minimum Gasteiger partial charge on any atom is -0.468 e. The third kappa shape index (κ3) is 4.91. The number of hydrogen-bond donors (Lipinski definition) is 2. The Balaban J connectivity index is 1.76. The number of hydrogen-bond acceptors (Lipinski definition) is 5. The number of nitrogens with one attached hydrogen (secondary N) is 2. The highest BCUT2D eigenvalue weighted by molar-refractivity contribution is 7.91. The fourth-order valence-electron chi connectivity index (χ4n) is 2.70. The van der Waals surface area contributed by atoms with Gasteiger partial charge in [-0.1, -0.05) is 35.9 Å². The number of benzene rings is 2. The summed E-state index contributed by atoms with van der Waals surface area (Å²) in [6, 6.07) is 18.0. The summed E-state index contributed by atoms with van der Waals surface area (Å²) in [7, 11) is -3.86. The van der Waals surface area contributed by atoms with Crippen LogP contribution in [0.5, 0.6) is 0 Å². The van der Waals surface area contributed by atoms with E-state index in [-0.39, 0.29) is 17.2 Å². The number of anilines is 1. The summed E-state index contributed by atoms with van der Waals surface area (Å²) in [6.07, 6.45) is 1.36. The van der Waals surface area contributed by atoms with Gasteiger partial charge in [-0.15, -0.1) is 0 Å². The summed E-state index contributed by atoms with van der Waals surface area (Å²) < 4.78 is 31.5. The van der Waals surface area contributed by atoms with E-state index in [0.29, 0.717) is 5.69 Å². The van der Waals surface area contributed by atoms with Crippen molar-refractivity contribution in [2.24, 2.45) is 0 Å². The average Bonchev–Trinajstić information content (AvgIpc) is 3.23. The molecule has 2 N–H and O–H groups in total. The van der Waals surface area contributed by atoms with Crippen LogP contribution >= 0.6 is 0 Å². The van der Waals surface area contributed by atoms with Crippen LogP contribution in [-0.2, 0) is 19.4 Å². The molecule has 1 heterocycles. The summed E-state index contributed by atoms with van der Waals surface area (Å²) in [5, 5.41) is 3.67. The Morgan fingerprint density at radius 1 is 0.931 bits per heavy atom. The highest BCUT2D eigenvalue weighted by atomic mass is 32.2. The van der Waals surface area contributed by atoms with Gasteiger partial charge in [0.2, 0.25) is 0 Å². The molecule has 0 spiro atoms. The van der Waals surface area contributed by atoms with E-state index in [0.717, 1.165) is 5.56 Å².